The number of rotatable bonds is 5. The summed E-state index contributed by atoms with van der Waals surface area (Å²) >= 11 is 0. The zero-order chi connectivity index (χ0) is 17.0. The van der Waals surface area contributed by atoms with Gasteiger partial charge in [0.1, 0.15) is 13.2 Å². The Bertz CT molecular complexity index is 624. The second kappa shape index (κ2) is 7.09. The smallest absolute Gasteiger partial charge is 0.305 e. The summed E-state index contributed by atoms with van der Waals surface area (Å²) in [7, 11) is 0. The van der Waals surface area contributed by atoms with Gasteiger partial charge in [-0.2, -0.15) is 0 Å². The molecule has 0 saturated carbocycles. The maximum Gasteiger partial charge on any atom is 0.305 e. The number of carbonyl (C=O) groups excluding carboxylic acids is 1. The molecule has 0 bridgehead atoms. The summed E-state index contributed by atoms with van der Waals surface area (Å²) in [5.74, 6) is 0.196. The maximum absolute atomic E-state index is 12.4. The average Bonchev–Trinajstić information content (AvgIpc) is 2.54. The van der Waals surface area contributed by atoms with Crippen LogP contribution in [0, 0.1) is 0 Å². The molecule has 1 amide bonds. The summed E-state index contributed by atoms with van der Waals surface area (Å²) in [4.78, 5) is 23.6. The average molecular weight is 335 g/mol. The van der Waals surface area contributed by atoms with Crippen molar-refractivity contribution in [2.24, 2.45) is 0 Å². The Hall–Kier alpha value is -2.28. The lowest BCUT2D eigenvalue weighted by atomic mass is 9.86. The lowest BCUT2D eigenvalue weighted by Crippen LogP contribution is -2.53. The zero-order valence-electron chi connectivity index (χ0n) is 13.4. The molecule has 0 atom stereocenters. The minimum atomic E-state index is -0.920. The van der Waals surface area contributed by atoms with E-state index >= 15 is 0 Å². The van der Waals surface area contributed by atoms with E-state index in [2.05, 4.69) is 5.32 Å². The molecule has 2 aliphatic rings. The molecule has 1 aromatic rings. The van der Waals surface area contributed by atoms with Gasteiger partial charge in [-0.15, -0.1) is 0 Å². The van der Waals surface area contributed by atoms with Gasteiger partial charge in [-0.05, 0) is 30.5 Å². The number of carboxylic acids is 1. The number of fused-ring (bicyclic) bond motifs is 1. The summed E-state index contributed by atoms with van der Waals surface area (Å²) < 4.78 is 16.3. The largest absolute Gasteiger partial charge is 0.486 e. The van der Waals surface area contributed by atoms with Gasteiger partial charge < -0.3 is 24.6 Å². The summed E-state index contributed by atoms with van der Waals surface area (Å²) in [5, 5.41) is 12.1. The van der Waals surface area contributed by atoms with Gasteiger partial charge in [-0.3, -0.25) is 9.59 Å². The van der Waals surface area contributed by atoms with Crippen LogP contribution in [0.1, 0.15) is 24.8 Å². The first-order valence-corrected chi connectivity index (χ1v) is 8.05. The van der Waals surface area contributed by atoms with Gasteiger partial charge in [-0.1, -0.05) is 6.07 Å². The maximum atomic E-state index is 12.4. The van der Waals surface area contributed by atoms with Crippen LogP contribution in [0.15, 0.2) is 18.2 Å². The molecule has 2 heterocycles. The van der Waals surface area contributed by atoms with Gasteiger partial charge in [0.05, 0.1) is 18.4 Å². The molecule has 0 spiro atoms. The highest BCUT2D eigenvalue weighted by Crippen LogP contribution is 2.31. The van der Waals surface area contributed by atoms with E-state index in [1.165, 1.54) is 0 Å². The molecule has 7 heteroatoms. The monoisotopic (exact) mass is 335 g/mol. The van der Waals surface area contributed by atoms with Crippen LogP contribution in [-0.4, -0.2) is 48.9 Å². The van der Waals surface area contributed by atoms with E-state index in [0.29, 0.717) is 50.8 Å². The van der Waals surface area contributed by atoms with Crippen LogP contribution < -0.4 is 14.8 Å². The van der Waals surface area contributed by atoms with Crippen LogP contribution in [0.5, 0.6) is 11.5 Å². The molecule has 2 aliphatic heterocycles. The molecule has 0 aromatic heterocycles. The van der Waals surface area contributed by atoms with Gasteiger partial charge in [0.2, 0.25) is 5.91 Å². The molecule has 1 saturated heterocycles. The van der Waals surface area contributed by atoms with Crippen molar-refractivity contribution in [1.82, 2.24) is 5.32 Å². The molecule has 1 fully saturated rings. The Labute approximate surface area is 139 Å². The number of amides is 1. The number of aliphatic carboxylic acids is 1. The van der Waals surface area contributed by atoms with E-state index in [9.17, 15) is 9.59 Å². The van der Waals surface area contributed by atoms with Crippen molar-refractivity contribution in [3.05, 3.63) is 23.8 Å². The lowest BCUT2D eigenvalue weighted by Gasteiger charge is -2.36. The third-order valence-electron chi connectivity index (χ3n) is 4.32. The summed E-state index contributed by atoms with van der Waals surface area (Å²) in [6, 6.07) is 5.40. The van der Waals surface area contributed by atoms with Crippen LogP contribution in [0.3, 0.4) is 0 Å². The second-order valence-electron chi connectivity index (χ2n) is 6.17. The summed E-state index contributed by atoms with van der Waals surface area (Å²) in [6.07, 6.45) is 1.08. The van der Waals surface area contributed by atoms with E-state index in [1.807, 2.05) is 6.07 Å². The molecular formula is C17H21NO6. The predicted octanol–water partition coefficient (Wildman–Crippen LogP) is 1.14. The highest BCUT2D eigenvalue weighted by Gasteiger charge is 2.36. The van der Waals surface area contributed by atoms with Crippen LogP contribution >= 0.6 is 0 Å². The van der Waals surface area contributed by atoms with E-state index < -0.39 is 11.5 Å². The van der Waals surface area contributed by atoms with Crippen molar-refractivity contribution >= 4 is 11.9 Å². The van der Waals surface area contributed by atoms with Gasteiger partial charge >= 0.3 is 5.97 Å². The van der Waals surface area contributed by atoms with Crippen molar-refractivity contribution in [2.75, 3.05) is 26.4 Å². The van der Waals surface area contributed by atoms with Gasteiger partial charge in [0, 0.05) is 13.2 Å². The fourth-order valence-corrected chi connectivity index (χ4v) is 3.12. The van der Waals surface area contributed by atoms with Crippen molar-refractivity contribution in [3.8, 4) is 11.5 Å². The lowest BCUT2D eigenvalue weighted by molar-refractivity contribution is -0.140. The van der Waals surface area contributed by atoms with Crippen molar-refractivity contribution in [2.45, 2.75) is 31.2 Å². The van der Waals surface area contributed by atoms with Gasteiger partial charge in [-0.25, -0.2) is 0 Å². The number of ether oxygens (including phenoxy) is 3. The molecule has 130 valence electrons. The standard InChI is InChI=1S/C17H21NO6/c19-15(18-17(11-16(20)21)3-5-22-6-4-17)10-12-1-2-13-14(9-12)24-8-7-23-13/h1-2,9H,3-8,10-11H2,(H,18,19)(H,20,21). The van der Waals surface area contributed by atoms with E-state index in [-0.39, 0.29) is 18.7 Å². The SMILES string of the molecule is O=C(O)CC1(NC(=O)Cc2ccc3c(c2)OCCO3)CCOCC1. The third-order valence-corrected chi connectivity index (χ3v) is 4.32. The molecule has 0 radical (unpaired) electrons. The molecule has 3 rings (SSSR count). The van der Waals surface area contributed by atoms with Crippen LogP contribution in [0.2, 0.25) is 0 Å². The fourth-order valence-electron chi connectivity index (χ4n) is 3.12. The van der Waals surface area contributed by atoms with Crippen LogP contribution in [-0.2, 0) is 20.7 Å². The number of carboxylic acid groups (broad SMARTS) is 1. The first-order valence-electron chi connectivity index (χ1n) is 8.05. The molecule has 24 heavy (non-hydrogen) atoms. The number of hydrogen-bond acceptors (Lipinski definition) is 5. The Balaban J connectivity index is 1.66. The highest BCUT2D eigenvalue weighted by atomic mass is 16.6. The van der Waals surface area contributed by atoms with E-state index in [0.717, 1.165) is 5.56 Å². The van der Waals surface area contributed by atoms with Crippen molar-refractivity contribution in [1.29, 1.82) is 0 Å². The Morgan fingerprint density at radius 2 is 1.79 bits per heavy atom. The molecule has 2 N–H and O–H groups in total. The number of benzene rings is 1. The zero-order valence-corrected chi connectivity index (χ0v) is 13.4. The van der Waals surface area contributed by atoms with Crippen molar-refractivity contribution < 1.29 is 28.9 Å². The van der Waals surface area contributed by atoms with Crippen LogP contribution in [0.4, 0.5) is 0 Å². The fraction of sp³-hybridized carbons (Fsp3) is 0.529. The molecule has 0 aliphatic carbocycles. The predicted molar refractivity (Wildman–Crippen MR) is 84.3 cm³/mol. The van der Waals surface area contributed by atoms with Crippen molar-refractivity contribution in [3.63, 3.8) is 0 Å². The Kier molecular flexibility index (Phi) is 4.89. The number of nitrogens with one attached hydrogen (secondary N) is 1. The van der Waals surface area contributed by atoms with E-state index in [1.54, 1.807) is 12.1 Å². The van der Waals surface area contributed by atoms with Crippen LogP contribution in [0.25, 0.3) is 0 Å². The molecule has 0 unspecified atom stereocenters. The summed E-state index contributed by atoms with van der Waals surface area (Å²) in [6.45, 7) is 1.92. The molecular weight excluding hydrogens is 314 g/mol. The Morgan fingerprint density at radius 3 is 2.50 bits per heavy atom. The topological polar surface area (TPSA) is 94.1 Å². The summed E-state index contributed by atoms with van der Waals surface area (Å²) in [5.41, 5.74) is 0.0731. The normalized spacial score (nSPS) is 18.7. The Morgan fingerprint density at radius 1 is 1.08 bits per heavy atom. The highest BCUT2D eigenvalue weighted by molar-refractivity contribution is 5.80. The van der Waals surface area contributed by atoms with Gasteiger partial charge in [0.25, 0.3) is 0 Å². The first-order chi connectivity index (χ1) is 11.6. The molecule has 7 nitrogen and oxygen atoms in total. The first kappa shape index (κ1) is 16.6. The second-order valence-corrected chi connectivity index (χ2v) is 6.17. The minimum absolute atomic E-state index is 0.0940. The minimum Gasteiger partial charge on any atom is -0.486 e. The quantitative estimate of drug-likeness (QED) is 0.838. The number of hydrogen-bond donors (Lipinski definition) is 2. The third kappa shape index (κ3) is 3.97. The van der Waals surface area contributed by atoms with Gasteiger partial charge in [0.15, 0.2) is 11.5 Å². The number of carbonyl (C=O) groups is 2. The van der Waals surface area contributed by atoms with E-state index in [4.69, 9.17) is 19.3 Å². The molecule has 1 aromatic carbocycles.